The molecule has 3 N–H and O–H groups in total. The van der Waals surface area contributed by atoms with Gasteiger partial charge in [-0.2, -0.15) is 0 Å². The molecule has 1 atom stereocenters. The first-order chi connectivity index (χ1) is 5.60. The fraction of sp³-hybridized carbons (Fsp3) is 0.444. The van der Waals surface area contributed by atoms with Crippen LogP contribution in [0.25, 0.3) is 0 Å². The Kier molecular flexibility index (Phi) is 2.22. The van der Waals surface area contributed by atoms with E-state index in [-0.39, 0.29) is 0 Å². The van der Waals surface area contributed by atoms with Crippen LogP contribution >= 0.6 is 0 Å². The van der Waals surface area contributed by atoms with Crippen molar-refractivity contribution in [3.05, 3.63) is 23.9 Å². The minimum Gasteiger partial charge on any atom is -0.481 e. The van der Waals surface area contributed by atoms with Crippen LogP contribution in [-0.2, 0) is 4.79 Å². The number of aliphatic carboxylic acids is 1. The van der Waals surface area contributed by atoms with Crippen molar-refractivity contribution in [1.29, 1.82) is 0 Å². The summed E-state index contributed by atoms with van der Waals surface area (Å²) in [7, 11) is 0. The molecule has 0 spiro atoms. The van der Waals surface area contributed by atoms with E-state index in [1.165, 1.54) is 0 Å². The van der Waals surface area contributed by atoms with Crippen molar-refractivity contribution in [3.8, 4) is 0 Å². The molecule has 1 aliphatic carbocycles. The number of hydrogen-bond donors (Lipinski definition) is 2. The van der Waals surface area contributed by atoms with Gasteiger partial charge >= 0.3 is 5.97 Å². The van der Waals surface area contributed by atoms with Crippen LogP contribution in [0.5, 0.6) is 0 Å². The van der Waals surface area contributed by atoms with Crippen molar-refractivity contribution >= 4 is 5.97 Å². The van der Waals surface area contributed by atoms with Crippen LogP contribution in [-0.4, -0.2) is 11.1 Å². The third kappa shape index (κ3) is 1.35. The van der Waals surface area contributed by atoms with Crippen molar-refractivity contribution < 1.29 is 9.90 Å². The van der Waals surface area contributed by atoms with E-state index >= 15 is 0 Å². The molecule has 66 valence electrons. The zero-order chi connectivity index (χ0) is 9.19. The smallest absolute Gasteiger partial charge is 0.313 e. The SMILES string of the molecule is CCC1(C(=O)O)C=CC=C(N)C1. The maximum absolute atomic E-state index is 10.9. The normalized spacial score (nSPS) is 28.2. The summed E-state index contributed by atoms with van der Waals surface area (Å²) < 4.78 is 0. The second kappa shape index (κ2) is 3.01. The monoisotopic (exact) mass is 167 g/mol. The van der Waals surface area contributed by atoms with E-state index in [0.717, 1.165) is 0 Å². The first-order valence-electron chi connectivity index (χ1n) is 3.98. The Bertz CT molecular complexity index is 255. The van der Waals surface area contributed by atoms with Gasteiger partial charge in [0.05, 0.1) is 5.41 Å². The second-order valence-electron chi connectivity index (χ2n) is 3.09. The van der Waals surface area contributed by atoms with E-state index < -0.39 is 11.4 Å². The number of carboxylic acids is 1. The number of allylic oxidation sites excluding steroid dienone is 3. The largest absolute Gasteiger partial charge is 0.481 e. The van der Waals surface area contributed by atoms with E-state index in [1.807, 2.05) is 6.92 Å². The zero-order valence-electron chi connectivity index (χ0n) is 7.08. The van der Waals surface area contributed by atoms with Gasteiger partial charge in [-0.05, 0) is 12.5 Å². The van der Waals surface area contributed by atoms with Gasteiger partial charge in [0.1, 0.15) is 0 Å². The number of nitrogens with two attached hydrogens (primary N) is 1. The topological polar surface area (TPSA) is 63.3 Å². The highest BCUT2D eigenvalue weighted by atomic mass is 16.4. The molecule has 0 heterocycles. The standard InChI is InChI=1S/C9H13NO2/c1-2-9(8(11)12)5-3-4-7(10)6-9/h3-5H,2,6,10H2,1H3,(H,11,12). The van der Waals surface area contributed by atoms with Gasteiger partial charge in [0.25, 0.3) is 0 Å². The number of rotatable bonds is 2. The molecule has 1 rings (SSSR count). The molecule has 0 aliphatic heterocycles. The van der Waals surface area contributed by atoms with Crippen molar-refractivity contribution in [2.75, 3.05) is 0 Å². The molecule has 0 amide bonds. The van der Waals surface area contributed by atoms with E-state index in [0.29, 0.717) is 18.5 Å². The highest BCUT2D eigenvalue weighted by Crippen LogP contribution is 2.33. The van der Waals surface area contributed by atoms with Crippen LogP contribution in [0, 0.1) is 5.41 Å². The molecule has 3 nitrogen and oxygen atoms in total. The molecule has 1 unspecified atom stereocenters. The Hall–Kier alpha value is -1.25. The molecule has 0 bridgehead atoms. The van der Waals surface area contributed by atoms with Crippen LogP contribution < -0.4 is 5.73 Å². The average Bonchev–Trinajstić information content (AvgIpc) is 2.04. The summed E-state index contributed by atoms with van der Waals surface area (Å²) in [6.07, 6.45) is 6.18. The predicted octanol–water partition coefficient (Wildman–Crippen LogP) is 1.27. The molecule has 0 aromatic rings. The summed E-state index contributed by atoms with van der Waals surface area (Å²) in [5.74, 6) is -0.794. The second-order valence-corrected chi connectivity index (χ2v) is 3.09. The van der Waals surface area contributed by atoms with Crippen LogP contribution in [0.4, 0.5) is 0 Å². The fourth-order valence-corrected chi connectivity index (χ4v) is 1.38. The highest BCUT2D eigenvalue weighted by Gasteiger charge is 2.35. The Balaban J connectivity index is 2.92. The van der Waals surface area contributed by atoms with Gasteiger partial charge in [-0.15, -0.1) is 0 Å². The van der Waals surface area contributed by atoms with E-state index in [1.54, 1.807) is 18.2 Å². The molecular weight excluding hydrogens is 154 g/mol. The van der Waals surface area contributed by atoms with Gasteiger partial charge in [-0.1, -0.05) is 19.1 Å². The summed E-state index contributed by atoms with van der Waals surface area (Å²) in [6.45, 7) is 1.86. The summed E-state index contributed by atoms with van der Waals surface area (Å²) in [5, 5.41) is 8.97. The third-order valence-electron chi connectivity index (χ3n) is 2.30. The molecule has 0 saturated heterocycles. The molecule has 0 radical (unpaired) electrons. The van der Waals surface area contributed by atoms with Gasteiger partial charge < -0.3 is 10.8 Å². The molecule has 0 saturated carbocycles. The van der Waals surface area contributed by atoms with Crippen LogP contribution in [0.3, 0.4) is 0 Å². The van der Waals surface area contributed by atoms with Crippen LogP contribution in [0.2, 0.25) is 0 Å². The first kappa shape index (κ1) is 8.84. The Morgan fingerprint density at radius 3 is 2.83 bits per heavy atom. The quantitative estimate of drug-likeness (QED) is 0.651. The van der Waals surface area contributed by atoms with Gasteiger partial charge in [0.2, 0.25) is 0 Å². The number of carboxylic acid groups (broad SMARTS) is 1. The van der Waals surface area contributed by atoms with Crippen molar-refractivity contribution in [3.63, 3.8) is 0 Å². The number of carbonyl (C=O) groups is 1. The average molecular weight is 167 g/mol. The van der Waals surface area contributed by atoms with Crippen LogP contribution in [0.15, 0.2) is 23.9 Å². The Morgan fingerprint density at radius 1 is 1.83 bits per heavy atom. The third-order valence-corrected chi connectivity index (χ3v) is 2.30. The predicted molar refractivity (Wildman–Crippen MR) is 46.4 cm³/mol. The lowest BCUT2D eigenvalue weighted by Crippen LogP contribution is -2.31. The van der Waals surface area contributed by atoms with Crippen LogP contribution in [0.1, 0.15) is 19.8 Å². The lowest BCUT2D eigenvalue weighted by atomic mass is 9.78. The molecule has 3 heteroatoms. The minimum absolute atomic E-state index is 0.426. The number of hydrogen-bond acceptors (Lipinski definition) is 2. The first-order valence-corrected chi connectivity index (χ1v) is 3.98. The van der Waals surface area contributed by atoms with Crippen molar-refractivity contribution in [1.82, 2.24) is 0 Å². The summed E-state index contributed by atoms with van der Waals surface area (Å²) in [4.78, 5) is 10.9. The van der Waals surface area contributed by atoms with Crippen molar-refractivity contribution in [2.45, 2.75) is 19.8 Å². The van der Waals surface area contributed by atoms with E-state index in [2.05, 4.69) is 0 Å². The molecule has 0 aromatic heterocycles. The molecule has 0 aromatic carbocycles. The minimum atomic E-state index is -0.794. The summed E-state index contributed by atoms with van der Waals surface area (Å²) in [5.41, 5.74) is 5.45. The molecular formula is C9H13NO2. The molecule has 0 fully saturated rings. The lowest BCUT2D eigenvalue weighted by Gasteiger charge is -2.26. The fourth-order valence-electron chi connectivity index (χ4n) is 1.38. The Labute approximate surface area is 71.6 Å². The van der Waals surface area contributed by atoms with Crippen molar-refractivity contribution in [2.24, 2.45) is 11.1 Å². The summed E-state index contributed by atoms with van der Waals surface area (Å²) in [6, 6.07) is 0. The van der Waals surface area contributed by atoms with Gasteiger partial charge in [0, 0.05) is 12.1 Å². The van der Waals surface area contributed by atoms with Gasteiger partial charge in [-0.3, -0.25) is 4.79 Å². The van der Waals surface area contributed by atoms with E-state index in [4.69, 9.17) is 10.8 Å². The zero-order valence-corrected chi connectivity index (χ0v) is 7.08. The van der Waals surface area contributed by atoms with E-state index in [9.17, 15) is 4.79 Å². The lowest BCUT2D eigenvalue weighted by molar-refractivity contribution is -0.146. The van der Waals surface area contributed by atoms with Gasteiger partial charge in [-0.25, -0.2) is 0 Å². The van der Waals surface area contributed by atoms with Gasteiger partial charge in [0.15, 0.2) is 0 Å². The highest BCUT2D eigenvalue weighted by molar-refractivity contribution is 5.78. The maximum Gasteiger partial charge on any atom is 0.313 e. The Morgan fingerprint density at radius 2 is 2.50 bits per heavy atom. The molecule has 12 heavy (non-hydrogen) atoms. The summed E-state index contributed by atoms with van der Waals surface area (Å²) >= 11 is 0. The maximum atomic E-state index is 10.9. The molecule has 1 aliphatic rings.